The second kappa shape index (κ2) is 7.20. The molecule has 108 valence electrons. The molecule has 0 aliphatic rings. The van der Waals surface area contributed by atoms with Gasteiger partial charge in [0.15, 0.2) is 5.82 Å². The van der Waals surface area contributed by atoms with Crippen molar-refractivity contribution < 1.29 is 4.52 Å². The van der Waals surface area contributed by atoms with Crippen molar-refractivity contribution in [3.8, 4) is 0 Å². The van der Waals surface area contributed by atoms with Crippen LogP contribution in [0.4, 0.5) is 0 Å². The van der Waals surface area contributed by atoms with Crippen molar-refractivity contribution in [1.29, 1.82) is 0 Å². The zero-order chi connectivity index (χ0) is 14.4. The average molecular weight is 273 g/mol. The molecule has 0 aliphatic heterocycles. The number of benzene rings is 1. The lowest BCUT2D eigenvalue weighted by Gasteiger charge is -2.17. The van der Waals surface area contributed by atoms with Crippen LogP contribution < -0.4 is 5.32 Å². The van der Waals surface area contributed by atoms with Gasteiger partial charge >= 0.3 is 0 Å². The number of nitrogens with one attached hydrogen (secondary N) is 1. The number of aromatic nitrogens is 2. The Morgan fingerprint density at radius 3 is 2.60 bits per heavy atom. The summed E-state index contributed by atoms with van der Waals surface area (Å²) in [6.45, 7) is 4.29. The number of hydrogen-bond acceptors (Lipinski definition) is 4. The van der Waals surface area contributed by atoms with E-state index in [-0.39, 0.29) is 5.92 Å². The summed E-state index contributed by atoms with van der Waals surface area (Å²) in [5.41, 5.74) is 1.30. The van der Waals surface area contributed by atoms with Crippen molar-refractivity contribution in [2.45, 2.75) is 45.1 Å². The zero-order valence-corrected chi connectivity index (χ0v) is 12.5. The highest BCUT2D eigenvalue weighted by molar-refractivity contribution is 5.15. The third-order valence-electron chi connectivity index (χ3n) is 3.78. The Hall–Kier alpha value is -1.68. The van der Waals surface area contributed by atoms with E-state index in [9.17, 15) is 0 Å². The highest BCUT2D eigenvalue weighted by Crippen LogP contribution is 2.21. The van der Waals surface area contributed by atoms with E-state index in [4.69, 9.17) is 4.52 Å². The van der Waals surface area contributed by atoms with Crippen LogP contribution in [0.25, 0.3) is 0 Å². The lowest BCUT2D eigenvalue weighted by atomic mass is 9.98. The van der Waals surface area contributed by atoms with Crippen LogP contribution in [0.3, 0.4) is 0 Å². The number of likely N-dealkylation sites (N-methyl/N-ethyl adjacent to an activating group) is 1. The summed E-state index contributed by atoms with van der Waals surface area (Å²) in [5.74, 6) is 1.82. The molecule has 2 unspecified atom stereocenters. The number of aryl methyl sites for hydroxylation is 2. The van der Waals surface area contributed by atoms with Crippen LogP contribution in [0.2, 0.25) is 0 Å². The van der Waals surface area contributed by atoms with Gasteiger partial charge in [-0.05, 0) is 32.4 Å². The SMILES string of the molecule is CCC(c1nc(CCc2ccccc2)no1)C(C)NC. The fraction of sp³-hybridized carbons (Fsp3) is 0.500. The Morgan fingerprint density at radius 1 is 1.20 bits per heavy atom. The third-order valence-corrected chi connectivity index (χ3v) is 3.78. The third kappa shape index (κ3) is 3.67. The van der Waals surface area contributed by atoms with Crippen molar-refractivity contribution >= 4 is 0 Å². The van der Waals surface area contributed by atoms with E-state index in [2.05, 4.69) is 53.6 Å². The van der Waals surface area contributed by atoms with Gasteiger partial charge in [0.2, 0.25) is 5.89 Å². The second-order valence-electron chi connectivity index (χ2n) is 5.13. The summed E-state index contributed by atoms with van der Waals surface area (Å²) in [6.07, 6.45) is 2.75. The van der Waals surface area contributed by atoms with Crippen LogP contribution in [0.1, 0.15) is 43.5 Å². The molecule has 0 aliphatic carbocycles. The van der Waals surface area contributed by atoms with Gasteiger partial charge in [-0.25, -0.2) is 0 Å². The molecule has 0 amide bonds. The smallest absolute Gasteiger partial charge is 0.231 e. The summed E-state index contributed by atoms with van der Waals surface area (Å²) in [6, 6.07) is 10.7. The van der Waals surface area contributed by atoms with E-state index < -0.39 is 0 Å². The second-order valence-corrected chi connectivity index (χ2v) is 5.13. The highest BCUT2D eigenvalue weighted by atomic mass is 16.5. The topological polar surface area (TPSA) is 51.0 Å². The van der Waals surface area contributed by atoms with E-state index in [1.54, 1.807) is 0 Å². The van der Waals surface area contributed by atoms with Crippen LogP contribution in [0.15, 0.2) is 34.9 Å². The van der Waals surface area contributed by atoms with Crippen molar-refractivity contribution in [1.82, 2.24) is 15.5 Å². The van der Waals surface area contributed by atoms with Gasteiger partial charge in [0.1, 0.15) is 0 Å². The first-order chi connectivity index (χ1) is 9.74. The Labute approximate surface area is 120 Å². The highest BCUT2D eigenvalue weighted by Gasteiger charge is 2.22. The molecule has 0 saturated heterocycles. The van der Waals surface area contributed by atoms with Gasteiger partial charge < -0.3 is 9.84 Å². The quantitative estimate of drug-likeness (QED) is 0.842. The largest absolute Gasteiger partial charge is 0.339 e. The monoisotopic (exact) mass is 273 g/mol. The van der Waals surface area contributed by atoms with Gasteiger partial charge in [0.05, 0.1) is 5.92 Å². The van der Waals surface area contributed by atoms with Gasteiger partial charge in [-0.3, -0.25) is 0 Å². The molecule has 1 N–H and O–H groups in total. The predicted octanol–water partition coefficient (Wildman–Crippen LogP) is 2.96. The molecule has 1 heterocycles. The standard InChI is InChI=1S/C16H23N3O/c1-4-14(12(2)17-3)16-18-15(19-20-16)11-10-13-8-6-5-7-9-13/h5-9,12,14,17H,4,10-11H2,1-3H3. The molecular weight excluding hydrogens is 250 g/mol. The molecule has 0 bridgehead atoms. The molecule has 2 rings (SSSR count). The van der Waals surface area contributed by atoms with Crippen molar-refractivity contribution in [3.05, 3.63) is 47.6 Å². The Kier molecular flexibility index (Phi) is 5.30. The summed E-state index contributed by atoms with van der Waals surface area (Å²) < 4.78 is 5.43. The average Bonchev–Trinajstić information content (AvgIpc) is 2.95. The molecule has 4 nitrogen and oxygen atoms in total. The summed E-state index contributed by atoms with van der Waals surface area (Å²) >= 11 is 0. The molecule has 2 aromatic rings. The zero-order valence-electron chi connectivity index (χ0n) is 12.5. The molecule has 4 heteroatoms. The van der Waals surface area contributed by atoms with E-state index in [0.717, 1.165) is 31.0 Å². The van der Waals surface area contributed by atoms with E-state index >= 15 is 0 Å². The molecule has 0 fully saturated rings. The fourth-order valence-electron chi connectivity index (χ4n) is 2.36. The van der Waals surface area contributed by atoms with Gasteiger partial charge in [-0.15, -0.1) is 0 Å². The minimum absolute atomic E-state index is 0.276. The van der Waals surface area contributed by atoms with Crippen LogP contribution in [0, 0.1) is 0 Å². The summed E-state index contributed by atoms with van der Waals surface area (Å²) in [4.78, 5) is 4.55. The van der Waals surface area contributed by atoms with Gasteiger partial charge in [-0.1, -0.05) is 42.4 Å². The number of rotatable bonds is 7. The maximum Gasteiger partial charge on any atom is 0.231 e. The Morgan fingerprint density at radius 2 is 1.95 bits per heavy atom. The molecule has 0 saturated carbocycles. The molecule has 1 aromatic carbocycles. The van der Waals surface area contributed by atoms with Gasteiger partial charge in [-0.2, -0.15) is 4.98 Å². The van der Waals surface area contributed by atoms with E-state index in [1.165, 1.54) is 5.56 Å². The predicted molar refractivity (Wildman–Crippen MR) is 79.7 cm³/mol. The minimum Gasteiger partial charge on any atom is -0.339 e. The van der Waals surface area contributed by atoms with Gasteiger partial charge in [0.25, 0.3) is 0 Å². The van der Waals surface area contributed by atoms with Crippen molar-refractivity contribution in [2.24, 2.45) is 0 Å². The van der Waals surface area contributed by atoms with Crippen LogP contribution in [0.5, 0.6) is 0 Å². The number of nitrogens with zero attached hydrogens (tertiary/aromatic N) is 2. The molecular formula is C16H23N3O. The normalized spacial score (nSPS) is 14.2. The lowest BCUT2D eigenvalue weighted by molar-refractivity contribution is 0.319. The fourth-order valence-corrected chi connectivity index (χ4v) is 2.36. The first-order valence-electron chi connectivity index (χ1n) is 7.28. The maximum atomic E-state index is 5.43. The van der Waals surface area contributed by atoms with Crippen LogP contribution in [-0.2, 0) is 12.8 Å². The Balaban J connectivity index is 1.98. The molecule has 2 atom stereocenters. The van der Waals surface area contributed by atoms with E-state index in [0.29, 0.717) is 6.04 Å². The van der Waals surface area contributed by atoms with Crippen LogP contribution >= 0.6 is 0 Å². The molecule has 1 aromatic heterocycles. The van der Waals surface area contributed by atoms with Crippen molar-refractivity contribution in [2.75, 3.05) is 7.05 Å². The first-order valence-corrected chi connectivity index (χ1v) is 7.28. The van der Waals surface area contributed by atoms with Crippen LogP contribution in [-0.4, -0.2) is 23.2 Å². The van der Waals surface area contributed by atoms with E-state index in [1.807, 2.05) is 13.1 Å². The lowest BCUT2D eigenvalue weighted by Crippen LogP contribution is -2.28. The number of hydrogen-bond donors (Lipinski definition) is 1. The Bertz CT molecular complexity index is 509. The molecule has 0 spiro atoms. The first kappa shape index (κ1) is 14.7. The molecule has 20 heavy (non-hydrogen) atoms. The van der Waals surface area contributed by atoms with Gasteiger partial charge in [0, 0.05) is 12.5 Å². The minimum atomic E-state index is 0.276. The van der Waals surface area contributed by atoms with Crippen molar-refractivity contribution in [3.63, 3.8) is 0 Å². The molecule has 0 radical (unpaired) electrons. The maximum absolute atomic E-state index is 5.43. The summed E-state index contributed by atoms with van der Waals surface area (Å²) in [7, 11) is 1.96. The summed E-state index contributed by atoms with van der Waals surface area (Å²) in [5, 5.41) is 7.36.